The Morgan fingerprint density at radius 3 is 2.31 bits per heavy atom. The molecule has 0 saturated carbocycles. The molecule has 1 amide bonds. The summed E-state index contributed by atoms with van der Waals surface area (Å²) < 4.78 is 0. The number of para-hydroxylation sites is 2. The summed E-state index contributed by atoms with van der Waals surface area (Å²) in [5, 5.41) is 3.33. The Morgan fingerprint density at radius 1 is 0.795 bits per heavy atom. The topological polar surface area (TPSA) is 66.5 Å². The Hall–Kier alpha value is -4.48. The van der Waals surface area contributed by atoms with E-state index in [4.69, 9.17) is 11.6 Å². The molecule has 1 saturated heterocycles. The van der Waals surface area contributed by atoms with Gasteiger partial charge in [-0.15, -0.1) is 0 Å². The number of hydrogen-bond donors (Lipinski definition) is 1. The van der Waals surface area contributed by atoms with E-state index in [0.29, 0.717) is 22.4 Å². The Morgan fingerprint density at radius 2 is 1.49 bits per heavy atom. The fourth-order valence-electron chi connectivity index (χ4n) is 6.72. The van der Waals surface area contributed by atoms with Crippen LogP contribution in [0.15, 0.2) is 109 Å². The maximum absolute atomic E-state index is 14.7. The zero-order valence-electron chi connectivity index (χ0n) is 20.8. The number of halogens is 1. The molecular formula is C33H23ClN2O3. The van der Waals surface area contributed by atoms with Crippen LogP contribution in [-0.4, -0.2) is 29.6 Å². The Balaban J connectivity index is 1.56. The molecule has 3 aliphatic rings. The van der Waals surface area contributed by atoms with E-state index in [1.807, 2.05) is 83.8 Å². The average Bonchev–Trinajstić information content (AvgIpc) is 3.45. The Kier molecular flexibility index (Phi) is 5.32. The van der Waals surface area contributed by atoms with Crippen LogP contribution >= 0.6 is 11.6 Å². The van der Waals surface area contributed by atoms with E-state index in [1.165, 1.54) is 0 Å². The van der Waals surface area contributed by atoms with Gasteiger partial charge in [0.1, 0.15) is 11.5 Å². The first-order valence-electron chi connectivity index (χ1n) is 12.9. The second kappa shape index (κ2) is 8.79. The van der Waals surface area contributed by atoms with E-state index in [9.17, 15) is 14.4 Å². The summed E-state index contributed by atoms with van der Waals surface area (Å²) in [6.45, 7) is 0. The Bertz CT molecular complexity index is 1700. The van der Waals surface area contributed by atoms with Crippen LogP contribution in [0.2, 0.25) is 5.02 Å². The molecule has 1 spiro atoms. The lowest BCUT2D eigenvalue weighted by atomic mass is 9.64. The van der Waals surface area contributed by atoms with Crippen LogP contribution in [0.1, 0.15) is 31.8 Å². The second-order valence-corrected chi connectivity index (χ2v) is 10.5. The molecule has 7 rings (SSSR count). The summed E-state index contributed by atoms with van der Waals surface area (Å²) in [6.07, 6.45) is 3.95. The van der Waals surface area contributed by atoms with Gasteiger partial charge in [-0.05, 0) is 35.4 Å². The number of ketones is 2. The third-order valence-corrected chi connectivity index (χ3v) is 8.62. The van der Waals surface area contributed by atoms with Gasteiger partial charge in [-0.25, -0.2) is 0 Å². The van der Waals surface area contributed by atoms with Gasteiger partial charge in [0.05, 0.1) is 17.0 Å². The summed E-state index contributed by atoms with van der Waals surface area (Å²) >= 11 is 6.57. The van der Waals surface area contributed by atoms with E-state index < -0.39 is 23.4 Å². The van der Waals surface area contributed by atoms with E-state index >= 15 is 0 Å². The molecular weight excluding hydrogens is 508 g/mol. The van der Waals surface area contributed by atoms with Crippen molar-refractivity contribution < 1.29 is 14.4 Å². The van der Waals surface area contributed by atoms with Gasteiger partial charge in [0, 0.05) is 22.5 Å². The average molecular weight is 531 g/mol. The molecule has 4 aromatic carbocycles. The molecule has 3 heterocycles. The van der Waals surface area contributed by atoms with Crippen molar-refractivity contribution in [1.82, 2.24) is 0 Å². The lowest BCUT2D eigenvalue weighted by Crippen LogP contribution is -2.51. The lowest BCUT2D eigenvalue weighted by Gasteiger charge is -2.37. The lowest BCUT2D eigenvalue weighted by molar-refractivity contribution is -0.121. The smallest absolute Gasteiger partial charge is 0.238 e. The van der Waals surface area contributed by atoms with Crippen molar-refractivity contribution in [2.45, 2.75) is 17.5 Å². The Labute approximate surface area is 230 Å². The van der Waals surface area contributed by atoms with Gasteiger partial charge < -0.3 is 10.2 Å². The quantitative estimate of drug-likeness (QED) is 0.319. The van der Waals surface area contributed by atoms with E-state index in [0.717, 1.165) is 11.3 Å². The summed E-state index contributed by atoms with van der Waals surface area (Å²) in [6, 6.07) is 29.5. The van der Waals surface area contributed by atoms with Crippen molar-refractivity contribution >= 4 is 46.5 Å². The molecule has 4 atom stereocenters. The maximum Gasteiger partial charge on any atom is 0.238 e. The standard InChI is InChI=1S/C33H23ClN2O3/c34-24-15-7-5-13-22(24)31(38)28-29(30(37)21-11-2-1-3-12-21)36-26-17-9-4-10-20(26)18-19-27(36)33(28)23-14-6-8-16-25(23)35-32(33)39/h1-19,27-29H,(H,35,39)/t27-,28+,29-,33-/m0/s1. The number of amides is 1. The number of hydrogen-bond acceptors (Lipinski definition) is 4. The highest BCUT2D eigenvalue weighted by molar-refractivity contribution is 6.34. The minimum Gasteiger partial charge on any atom is -0.352 e. The third kappa shape index (κ3) is 3.23. The van der Waals surface area contributed by atoms with Crippen molar-refractivity contribution in [3.8, 4) is 0 Å². The van der Waals surface area contributed by atoms with Crippen LogP contribution in [0, 0.1) is 5.92 Å². The number of carbonyl (C=O) groups is 3. The van der Waals surface area contributed by atoms with Crippen molar-refractivity contribution in [2.24, 2.45) is 5.92 Å². The van der Waals surface area contributed by atoms with Gasteiger partial charge in [0.15, 0.2) is 11.6 Å². The molecule has 39 heavy (non-hydrogen) atoms. The van der Waals surface area contributed by atoms with Crippen LogP contribution in [0.3, 0.4) is 0 Å². The third-order valence-electron chi connectivity index (χ3n) is 8.29. The zero-order chi connectivity index (χ0) is 26.7. The van der Waals surface area contributed by atoms with Gasteiger partial charge in [0.2, 0.25) is 5.91 Å². The first kappa shape index (κ1) is 23.6. The van der Waals surface area contributed by atoms with Gasteiger partial charge in [-0.2, -0.15) is 0 Å². The maximum atomic E-state index is 14.7. The zero-order valence-corrected chi connectivity index (χ0v) is 21.5. The highest BCUT2D eigenvalue weighted by atomic mass is 35.5. The number of carbonyl (C=O) groups excluding carboxylic acids is 3. The fraction of sp³-hybridized carbons (Fsp3) is 0.121. The van der Waals surface area contributed by atoms with Gasteiger partial charge >= 0.3 is 0 Å². The SMILES string of the molecule is O=C(c1ccccc1)[C@@H]1[C@H](C(=O)c2ccccc2Cl)[C@@]2(C(=O)Nc3ccccc32)[C@@H]2C=Cc3ccccc3N12. The molecule has 0 unspecified atom stereocenters. The molecule has 4 aromatic rings. The predicted molar refractivity (Wildman–Crippen MR) is 152 cm³/mol. The molecule has 0 bridgehead atoms. The van der Waals surface area contributed by atoms with E-state index in [1.54, 1.807) is 36.4 Å². The molecule has 190 valence electrons. The van der Waals surface area contributed by atoms with E-state index in [-0.39, 0.29) is 22.5 Å². The molecule has 0 aliphatic carbocycles. The van der Waals surface area contributed by atoms with Crippen LogP contribution in [-0.2, 0) is 10.2 Å². The highest BCUT2D eigenvalue weighted by Crippen LogP contribution is 2.58. The minimum absolute atomic E-state index is 0.217. The number of fused-ring (bicyclic) bond motifs is 6. The summed E-state index contributed by atoms with van der Waals surface area (Å²) in [4.78, 5) is 45.5. The molecule has 0 radical (unpaired) electrons. The summed E-state index contributed by atoms with van der Waals surface area (Å²) in [7, 11) is 0. The summed E-state index contributed by atoms with van der Waals surface area (Å²) in [5.74, 6) is -1.89. The van der Waals surface area contributed by atoms with Crippen molar-refractivity contribution in [3.63, 3.8) is 0 Å². The molecule has 6 heteroatoms. The number of nitrogens with zero attached hydrogens (tertiary/aromatic N) is 1. The minimum atomic E-state index is -1.36. The van der Waals surface area contributed by atoms with Gasteiger partial charge in [-0.3, -0.25) is 14.4 Å². The molecule has 0 aromatic heterocycles. The van der Waals surface area contributed by atoms with Crippen molar-refractivity contribution in [2.75, 3.05) is 10.2 Å². The fourth-order valence-corrected chi connectivity index (χ4v) is 6.95. The number of benzene rings is 4. The first-order valence-corrected chi connectivity index (χ1v) is 13.3. The van der Waals surface area contributed by atoms with Crippen LogP contribution in [0.25, 0.3) is 6.08 Å². The molecule has 3 aliphatic heterocycles. The van der Waals surface area contributed by atoms with Gasteiger partial charge in [0.25, 0.3) is 0 Å². The van der Waals surface area contributed by atoms with Gasteiger partial charge in [-0.1, -0.05) is 103 Å². The normalized spacial score (nSPS) is 24.2. The number of Topliss-reactive ketones (excluding diaryl/α,β-unsaturated/α-hetero) is 2. The second-order valence-electron chi connectivity index (χ2n) is 10.1. The molecule has 1 N–H and O–H groups in total. The number of anilines is 2. The van der Waals surface area contributed by atoms with Crippen LogP contribution < -0.4 is 10.2 Å². The molecule has 1 fully saturated rings. The number of rotatable bonds is 4. The monoisotopic (exact) mass is 530 g/mol. The highest BCUT2D eigenvalue weighted by Gasteiger charge is 2.70. The largest absolute Gasteiger partial charge is 0.352 e. The number of nitrogens with one attached hydrogen (secondary N) is 1. The summed E-state index contributed by atoms with van der Waals surface area (Å²) in [5.41, 5.74) is 2.52. The predicted octanol–water partition coefficient (Wildman–Crippen LogP) is 6.20. The first-order chi connectivity index (χ1) is 19.0. The van der Waals surface area contributed by atoms with Crippen LogP contribution in [0.5, 0.6) is 0 Å². The van der Waals surface area contributed by atoms with E-state index in [2.05, 4.69) is 5.32 Å². The van der Waals surface area contributed by atoms with Crippen molar-refractivity contribution in [3.05, 3.63) is 136 Å². The molecule has 5 nitrogen and oxygen atoms in total. The van der Waals surface area contributed by atoms with Crippen LogP contribution in [0.4, 0.5) is 11.4 Å². The van der Waals surface area contributed by atoms with Crippen molar-refractivity contribution in [1.29, 1.82) is 0 Å².